The summed E-state index contributed by atoms with van der Waals surface area (Å²) in [6, 6.07) is 3.86. The fraction of sp³-hybridized carbons (Fsp3) is 0.529. The Kier molecular flexibility index (Phi) is 5.08. The molecule has 0 aromatic carbocycles. The molecular formula is C17H24N6O. The molecule has 1 fully saturated rings. The fourth-order valence-electron chi connectivity index (χ4n) is 3.06. The number of nitrogens with one attached hydrogen (secondary N) is 1. The van der Waals surface area contributed by atoms with Gasteiger partial charge in [-0.3, -0.25) is 9.48 Å². The van der Waals surface area contributed by atoms with E-state index in [1.165, 1.54) is 0 Å². The number of hydrogen-bond donors (Lipinski definition) is 1. The van der Waals surface area contributed by atoms with Crippen LogP contribution in [0.3, 0.4) is 0 Å². The van der Waals surface area contributed by atoms with E-state index in [4.69, 9.17) is 0 Å². The van der Waals surface area contributed by atoms with E-state index in [1.807, 2.05) is 36.9 Å². The highest BCUT2D eigenvalue weighted by molar-refractivity contribution is 5.78. The van der Waals surface area contributed by atoms with Crippen molar-refractivity contribution in [3.8, 4) is 0 Å². The number of piperidine rings is 1. The van der Waals surface area contributed by atoms with Crippen LogP contribution in [0.2, 0.25) is 0 Å². The van der Waals surface area contributed by atoms with Crippen LogP contribution in [0.15, 0.2) is 24.5 Å². The van der Waals surface area contributed by atoms with E-state index in [9.17, 15) is 4.79 Å². The first-order valence-electron chi connectivity index (χ1n) is 8.44. The molecule has 0 saturated carbocycles. The van der Waals surface area contributed by atoms with Crippen LogP contribution >= 0.6 is 0 Å². The average Bonchev–Trinajstić information content (AvgIpc) is 3.07. The highest BCUT2D eigenvalue weighted by atomic mass is 16.1. The van der Waals surface area contributed by atoms with Crippen molar-refractivity contribution < 1.29 is 4.79 Å². The lowest BCUT2D eigenvalue weighted by Gasteiger charge is -2.31. The minimum absolute atomic E-state index is 0.0739. The van der Waals surface area contributed by atoms with Crippen molar-refractivity contribution in [2.24, 2.45) is 5.92 Å². The second-order valence-corrected chi connectivity index (χ2v) is 6.27. The minimum atomic E-state index is 0.0739. The van der Waals surface area contributed by atoms with Gasteiger partial charge in [0.1, 0.15) is 0 Å². The molecule has 1 aliphatic rings. The van der Waals surface area contributed by atoms with Crippen LogP contribution in [0.4, 0.5) is 5.95 Å². The molecule has 1 N–H and O–H groups in total. The molecule has 0 atom stereocenters. The molecule has 7 nitrogen and oxygen atoms in total. The van der Waals surface area contributed by atoms with E-state index in [0.717, 1.165) is 43.3 Å². The van der Waals surface area contributed by atoms with Crippen molar-refractivity contribution in [3.63, 3.8) is 0 Å². The van der Waals surface area contributed by atoms with Gasteiger partial charge in [0.05, 0.1) is 6.54 Å². The van der Waals surface area contributed by atoms with Gasteiger partial charge in [-0.05, 0) is 38.8 Å². The Morgan fingerprint density at radius 1 is 1.25 bits per heavy atom. The Labute approximate surface area is 142 Å². The molecule has 7 heteroatoms. The normalized spacial score (nSPS) is 15.5. The molecule has 2 aromatic rings. The Hall–Kier alpha value is -2.44. The fourth-order valence-corrected chi connectivity index (χ4v) is 3.06. The zero-order valence-electron chi connectivity index (χ0n) is 14.3. The average molecular weight is 328 g/mol. The number of carbonyl (C=O) groups excluding carboxylic acids is 1. The monoisotopic (exact) mass is 328 g/mol. The van der Waals surface area contributed by atoms with Crippen LogP contribution in [0.5, 0.6) is 0 Å². The lowest BCUT2D eigenvalue weighted by molar-refractivity contribution is -0.125. The number of carbonyl (C=O) groups is 1. The summed E-state index contributed by atoms with van der Waals surface area (Å²) in [7, 11) is 0. The lowest BCUT2D eigenvalue weighted by atomic mass is 9.96. The molecule has 3 heterocycles. The van der Waals surface area contributed by atoms with Crippen molar-refractivity contribution >= 4 is 11.9 Å². The van der Waals surface area contributed by atoms with Crippen LogP contribution in [0.1, 0.15) is 24.2 Å². The third kappa shape index (κ3) is 4.10. The van der Waals surface area contributed by atoms with Gasteiger partial charge in [-0.25, -0.2) is 9.97 Å². The van der Waals surface area contributed by atoms with Gasteiger partial charge in [0.2, 0.25) is 11.9 Å². The van der Waals surface area contributed by atoms with Crippen molar-refractivity contribution in [2.45, 2.75) is 33.2 Å². The smallest absolute Gasteiger partial charge is 0.225 e. The first-order valence-corrected chi connectivity index (χ1v) is 8.44. The first kappa shape index (κ1) is 16.4. The van der Waals surface area contributed by atoms with Crippen LogP contribution in [0, 0.1) is 19.8 Å². The largest absolute Gasteiger partial charge is 0.354 e. The van der Waals surface area contributed by atoms with E-state index in [0.29, 0.717) is 13.1 Å². The third-order valence-corrected chi connectivity index (χ3v) is 4.32. The number of aromatic nitrogens is 4. The predicted octanol–water partition coefficient (Wildman–Crippen LogP) is 1.32. The molecule has 0 radical (unpaired) electrons. The van der Waals surface area contributed by atoms with E-state index < -0.39 is 0 Å². The number of anilines is 1. The second-order valence-electron chi connectivity index (χ2n) is 6.27. The summed E-state index contributed by atoms with van der Waals surface area (Å²) < 4.78 is 1.82. The van der Waals surface area contributed by atoms with E-state index in [1.54, 1.807) is 6.20 Å². The lowest BCUT2D eigenvalue weighted by Crippen LogP contribution is -2.42. The molecule has 1 saturated heterocycles. The van der Waals surface area contributed by atoms with E-state index in [2.05, 4.69) is 25.3 Å². The zero-order valence-corrected chi connectivity index (χ0v) is 14.3. The first-order chi connectivity index (χ1) is 11.6. The molecule has 1 amide bonds. The van der Waals surface area contributed by atoms with Crippen LogP contribution in [-0.2, 0) is 11.3 Å². The summed E-state index contributed by atoms with van der Waals surface area (Å²) in [5.74, 6) is 0.998. The quantitative estimate of drug-likeness (QED) is 0.896. The Morgan fingerprint density at radius 3 is 2.58 bits per heavy atom. The predicted molar refractivity (Wildman–Crippen MR) is 91.7 cm³/mol. The van der Waals surface area contributed by atoms with E-state index in [-0.39, 0.29) is 11.8 Å². The minimum Gasteiger partial charge on any atom is -0.354 e. The van der Waals surface area contributed by atoms with Gasteiger partial charge >= 0.3 is 0 Å². The van der Waals surface area contributed by atoms with Crippen LogP contribution < -0.4 is 10.2 Å². The topological polar surface area (TPSA) is 75.9 Å². The van der Waals surface area contributed by atoms with Gasteiger partial charge in [0.25, 0.3) is 0 Å². The van der Waals surface area contributed by atoms with Gasteiger partial charge in [-0.1, -0.05) is 0 Å². The molecule has 128 valence electrons. The maximum atomic E-state index is 12.3. The molecule has 1 aliphatic heterocycles. The number of rotatable bonds is 5. The Bertz CT molecular complexity index is 656. The summed E-state index contributed by atoms with van der Waals surface area (Å²) in [5.41, 5.74) is 1.96. The highest BCUT2D eigenvalue weighted by Gasteiger charge is 2.26. The molecule has 0 aliphatic carbocycles. The highest BCUT2D eigenvalue weighted by Crippen LogP contribution is 2.21. The summed E-state index contributed by atoms with van der Waals surface area (Å²) in [6.45, 7) is 6.92. The second kappa shape index (κ2) is 7.42. The molecule has 24 heavy (non-hydrogen) atoms. The zero-order chi connectivity index (χ0) is 16.9. The maximum absolute atomic E-state index is 12.3. The van der Waals surface area contributed by atoms with Crippen LogP contribution in [0.25, 0.3) is 0 Å². The molecule has 0 unspecified atom stereocenters. The number of amides is 1. The standard InChI is InChI=1S/C17H24N6O/c1-13-12-14(2)21-17(20-13)22-9-4-15(5-10-22)16(24)18-7-11-23-8-3-6-19-23/h3,6,8,12,15H,4-5,7,9-11H2,1-2H3,(H,18,24). The van der Waals surface area contributed by atoms with Gasteiger partial charge in [-0.2, -0.15) is 5.10 Å². The SMILES string of the molecule is Cc1cc(C)nc(N2CCC(C(=O)NCCn3cccn3)CC2)n1. The molecular weight excluding hydrogens is 304 g/mol. The molecule has 3 rings (SSSR count). The summed E-state index contributed by atoms with van der Waals surface area (Å²) >= 11 is 0. The number of hydrogen-bond acceptors (Lipinski definition) is 5. The number of aryl methyl sites for hydroxylation is 2. The van der Waals surface area contributed by atoms with Crippen molar-refractivity contribution in [2.75, 3.05) is 24.5 Å². The Balaban J connectivity index is 1.46. The van der Waals surface area contributed by atoms with Gasteiger partial charge < -0.3 is 10.2 Å². The molecule has 2 aromatic heterocycles. The molecule has 0 spiro atoms. The van der Waals surface area contributed by atoms with Crippen molar-refractivity contribution in [1.82, 2.24) is 25.1 Å². The van der Waals surface area contributed by atoms with E-state index >= 15 is 0 Å². The Morgan fingerprint density at radius 2 is 1.96 bits per heavy atom. The summed E-state index contributed by atoms with van der Waals surface area (Å²) in [5, 5.41) is 7.14. The van der Waals surface area contributed by atoms with Gasteiger partial charge in [0, 0.05) is 49.3 Å². The van der Waals surface area contributed by atoms with Crippen molar-refractivity contribution in [1.29, 1.82) is 0 Å². The van der Waals surface area contributed by atoms with Gasteiger partial charge in [-0.15, -0.1) is 0 Å². The summed E-state index contributed by atoms with van der Waals surface area (Å²) in [4.78, 5) is 23.5. The maximum Gasteiger partial charge on any atom is 0.225 e. The number of nitrogens with zero attached hydrogens (tertiary/aromatic N) is 5. The van der Waals surface area contributed by atoms with Gasteiger partial charge in [0.15, 0.2) is 0 Å². The van der Waals surface area contributed by atoms with Crippen molar-refractivity contribution in [3.05, 3.63) is 35.9 Å². The molecule has 0 bridgehead atoms. The third-order valence-electron chi connectivity index (χ3n) is 4.32. The van der Waals surface area contributed by atoms with Crippen LogP contribution in [-0.4, -0.2) is 45.3 Å². The summed E-state index contributed by atoms with van der Waals surface area (Å²) in [6.07, 6.45) is 5.31.